The van der Waals surface area contributed by atoms with Crippen LogP contribution in [0.5, 0.6) is 0 Å². The number of hydrogen-bond acceptors (Lipinski definition) is 3. The van der Waals surface area contributed by atoms with E-state index in [-0.39, 0.29) is 6.42 Å². The molecule has 1 N–H and O–H groups in total. The summed E-state index contributed by atoms with van der Waals surface area (Å²) in [4.78, 5) is 10.2. The van der Waals surface area contributed by atoms with Crippen molar-refractivity contribution >= 4 is 25.7 Å². The van der Waals surface area contributed by atoms with Crippen LogP contribution in [0.25, 0.3) is 0 Å². The summed E-state index contributed by atoms with van der Waals surface area (Å²) >= 11 is 0. The second kappa shape index (κ2) is 4.47. The molecule has 0 aliphatic heterocycles. The Labute approximate surface area is 75.3 Å². The number of aliphatic carboxylic acids is 1. The highest BCUT2D eigenvalue weighted by Crippen LogP contribution is 2.15. The van der Waals surface area contributed by atoms with Crippen LogP contribution in [-0.4, -0.2) is 24.7 Å². The number of halogens is 1. The summed E-state index contributed by atoms with van der Waals surface area (Å²) in [6, 6.07) is 0. The Morgan fingerprint density at radius 3 is 2.42 bits per heavy atom. The first-order valence-corrected chi connectivity index (χ1v) is 5.51. The average Bonchev–Trinajstić information content (AvgIpc) is 1.83. The molecule has 0 spiro atoms. The fourth-order valence-electron chi connectivity index (χ4n) is 0.678. The lowest BCUT2D eigenvalue weighted by Gasteiger charge is -2.06. The monoisotopic (exact) mass is 212 g/mol. The molecule has 6 heteroatoms. The van der Waals surface area contributed by atoms with E-state index in [0.29, 0.717) is 0 Å². The zero-order valence-corrected chi connectivity index (χ0v) is 7.81. The molecule has 0 amide bonds. The Balaban J connectivity index is 4.44. The second-order valence-electron chi connectivity index (χ2n) is 2.22. The zero-order chi connectivity index (χ0) is 9.78. The summed E-state index contributed by atoms with van der Waals surface area (Å²) in [5.74, 6) is -1.19. The van der Waals surface area contributed by atoms with E-state index in [1.54, 1.807) is 0 Å². The van der Waals surface area contributed by atoms with E-state index in [2.05, 4.69) is 6.58 Å². The van der Waals surface area contributed by atoms with E-state index >= 15 is 0 Å². The van der Waals surface area contributed by atoms with E-state index < -0.39 is 26.7 Å². The van der Waals surface area contributed by atoms with Crippen LogP contribution in [-0.2, 0) is 13.8 Å². The van der Waals surface area contributed by atoms with Crippen LogP contribution < -0.4 is 0 Å². The first-order valence-electron chi connectivity index (χ1n) is 3.14. The fraction of sp³-hybridized carbons (Fsp3) is 0.500. The van der Waals surface area contributed by atoms with Gasteiger partial charge >= 0.3 is 5.97 Å². The molecule has 0 aliphatic carbocycles. The fourth-order valence-corrected chi connectivity index (χ4v) is 1.79. The molecule has 0 aromatic rings. The Kier molecular flexibility index (Phi) is 4.26. The van der Waals surface area contributed by atoms with Crippen LogP contribution in [0, 0.1) is 0 Å². The topological polar surface area (TPSA) is 71.4 Å². The van der Waals surface area contributed by atoms with E-state index in [1.807, 2.05) is 0 Å². The van der Waals surface area contributed by atoms with Gasteiger partial charge in [0.25, 0.3) is 0 Å². The first-order chi connectivity index (χ1) is 5.38. The molecule has 0 rings (SSSR count). The molecule has 70 valence electrons. The summed E-state index contributed by atoms with van der Waals surface area (Å²) in [6.45, 7) is 3.31. The van der Waals surface area contributed by atoms with Gasteiger partial charge in [0.1, 0.15) is 0 Å². The molecule has 0 saturated heterocycles. The molecular weight excluding hydrogens is 204 g/mol. The number of hydrogen-bond donors (Lipinski definition) is 1. The second-order valence-corrected chi connectivity index (χ2v) is 5.13. The molecule has 12 heavy (non-hydrogen) atoms. The van der Waals surface area contributed by atoms with Gasteiger partial charge < -0.3 is 5.11 Å². The Morgan fingerprint density at radius 1 is 1.67 bits per heavy atom. The number of rotatable bonds is 5. The maximum Gasteiger partial charge on any atom is 0.304 e. The van der Waals surface area contributed by atoms with E-state index in [1.165, 1.54) is 6.08 Å². The van der Waals surface area contributed by atoms with Gasteiger partial charge in [-0.3, -0.25) is 4.79 Å². The molecule has 0 aromatic heterocycles. The minimum Gasteiger partial charge on any atom is -0.481 e. The standard InChI is InChI=1S/C6H9ClO4S/c1-2-3-5(4-6(8)9)12(7,10)11/h2,5H,1,3-4H2,(H,8,9). The van der Waals surface area contributed by atoms with Crippen molar-refractivity contribution in [2.75, 3.05) is 0 Å². The lowest BCUT2D eigenvalue weighted by atomic mass is 10.2. The normalized spacial score (nSPS) is 13.8. The number of carboxylic acid groups (broad SMARTS) is 1. The summed E-state index contributed by atoms with van der Waals surface area (Å²) in [7, 11) is 1.18. The van der Waals surface area contributed by atoms with Gasteiger partial charge in [-0.1, -0.05) is 6.08 Å². The van der Waals surface area contributed by atoms with Crippen LogP contribution >= 0.6 is 10.7 Å². The smallest absolute Gasteiger partial charge is 0.304 e. The predicted octanol–water partition coefficient (Wildman–Crippen LogP) is 0.974. The van der Waals surface area contributed by atoms with Gasteiger partial charge in [0.15, 0.2) is 0 Å². The van der Waals surface area contributed by atoms with Gasteiger partial charge in [0.2, 0.25) is 9.05 Å². The average molecular weight is 213 g/mol. The van der Waals surface area contributed by atoms with Gasteiger partial charge in [-0.05, 0) is 6.42 Å². The van der Waals surface area contributed by atoms with Crippen LogP contribution in [0.15, 0.2) is 12.7 Å². The van der Waals surface area contributed by atoms with Crippen molar-refractivity contribution < 1.29 is 18.3 Å². The molecule has 1 atom stereocenters. The van der Waals surface area contributed by atoms with Crippen molar-refractivity contribution in [2.45, 2.75) is 18.1 Å². The molecule has 0 heterocycles. The van der Waals surface area contributed by atoms with Crippen molar-refractivity contribution in [3.63, 3.8) is 0 Å². The van der Waals surface area contributed by atoms with Gasteiger partial charge in [0, 0.05) is 10.7 Å². The van der Waals surface area contributed by atoms with Gasteiger partial charge in [-0.2, -0.15) is 0 Å². The Hall–Kier alpha value is -0.550. The van der Waals surface area contributed by atoms with E-state index in [0.717, 1.165) is 0 Å². The quantitative estimate of drug-likeness (QED) is 0.545. The van der Waals surface area contributed by atoms with E-state index in [9.17, 15) is 13.2 Å². The van der Waals surface area contributed by atoms with Crippen molar-refractivity contribution in [2.24, 2.45) is 0 Å². The summed E-state index contributed by atoms with van der Waals surface area (Å²) in [6.07, 6.45) is 0.892. The summed E-state index contributed by atoms with van der Waals surface area (Å²) in [5.41, 5.74) is 0. The Bertz CT molecular complexity index is 269. The minimum absolute atomic E-state index is 0.0537. The molecule has 0 aliphatic rings. The molecule has 4 nitrogen and oxygen atoms in total. The van der Waals surface area contributed by atoms with Crippen LogP contribution in [0.4, 0.5) is 0 Å². The predicted molar refractivity (Wildman–Crippen MR) is 45.6 cm³/mol. The van der Waals surface area contributed by atoms with Crippen molar-refractivity contribution in [3.05, 3.63) is 12.7 Å². The van der Waals surface area contributed by atoms with E-state index in [4.69, 9.17) is 15.8 Å². The summed E-state index contributed by atoms with van der Waals surface area (Å²) in [5, 5.41) is 7.24. The van der Waals surface area contributed by atoms with Crippen LogP contribution in [0.2, 0.25) is 0 Å². The highest BCUT2D eigenvalue weighted by molar-refractivity contribution is 8.14. The highest BCUT2D eigenvalue weighted by Gasteiger charge is 2.24. The van der Waals surface area contributed by atoms with Crippen LogP contribution in [0.3, 0.4) is 0 Å². The lowest BCUT2D eigenvalue weighted by molar-refractivity contribution is -0.137. The lowest BCUT2D eigenvalue weighted by Crippen LogP contribution is -2.19. The Morgan fingerprint density at radius 2 is 2.17 bits per heavy atom. The maximum absolute atomic E-state index is 10.7. The largest absolute Gasteiger partial charge is 0.481 e. The SMILES string of the molecule is C=CCC(CC(=O)O)S(=O)(=O)Cl. The molecular formula is C6H9ClO4S. The molecule has 0 saturated carbocycles. The molecule has 1 unspecified atom stereocenters. The van der Waals surface area contributed by atoms with Gasteiger partial charge in [-0.15, -0.1) is 6.58 Å². The molecule has 0 radical (unpaired) electrons. The summed E-state index contributed by atoms with van der Waals surface area (Å²) < 4.78 is 21.4. The third-order valence-electron chi connectivity index (χ3n) is 1.23. The first kappa shape index (κ1) is 11.4. The van der Waals surface area contributed by atoms with Crippen LogP contribution in [0.1, 0.15) is 12.8 Å². The number of carbonyl (C=O) groups is 1. The van der Waals surface area contributed by atoms with Crippen molar-refractivity contribution in [1.82, 2.24) is 0 Å². The zero-order valence-electron chi connectivity index (χ0n) is 6.23. The number of carboxylic acids is 1. The third-order valence-corrected chi connectivity index (χ3v) is 3.14. The molecule has 0 aromatic carbocycles. The minimum atomic E-state index is -3.80. The third kappa shape index (κ3) is 4.35. The maximum atomic E-state index is 10.7. The van der Waals surface area contributed by atoms with Gasteiger partial charge in [0.05, 0.1) is 11.7 Å². The molecule has 0 fully saturated rings. The van der Waals surface area contributed by atoms with Crippen molar-refractivity contribution in [1.29, 1.82) is 0 Å². The number of allylic oxidation sites excluding steroid dienone is 1. The van der Waals surface area contributed by atoms with Crippen molar-refractivity contribution in [3.8, 4) is 0 Å². The molecule has 0 bridgehead atoms. The highest BCUT2D eigenvalue weighted by atomic mass is 35.7. The van der Waals surface area contributed by atoms with Gasteiger partial charge in [-0.25, -0.2) is 8.42 Å².